The molecule has 7 N–H and O–H groups in total. The minimum Gasteiger partial charge on any atom is -0.507 e. The monoisotopic (exact) mass is 528 g/mol. The Morgan fingerprint density at radius 3 is 2.05 bits per heavy atom. The highest BCUT2D eigenvalue weighted by Gasteiger charge is 2.42. The molecule has 0 aromatic heterocycles. The lowest BCUT2D eigenvalue weighted by molar-refractivity contribution is -0.168. The Bertz CT molecular complexity index is 1240. The molecule has 0 radical (unpaired) electrons. The smallest absolute Gasteiger partial charge is 0.198 e. The number of methoxy groups -OCH3 is 1. The van der Waals surface area contributed by atoms with Gasteiger partial charge in [-0.15, -0.1) is 0 Å². The average molecular weight is 529 g/mol. The van der Waals surface area contributed by atoms with E-state index < -0.39 is 23.4 Å². The minimum atomic E-state index is -1.16. The summed E-state index contributed by atoms with van der Waals surface area (Å²) in [5.41, 5.74) is 11.3. The van der Waals surface area contributed by atoms with Crippen molar-refractivity contribution < 1.29 is 39.2 Å². The SMILES string of the molecule is CC.CC(=O)[C@@]1(N)CCc2c(O)c3c(c(O)c2C1)C(=O)c1ccccc1C3=O.CO[C@@H]1COC(O)C[C@@H]1N. The van der Waals surface area contributed by atoms with Gasteiger partial charge in [-0.1, -0.05) is 38.1 Å². The van der Waals surface area contributed by atoms with Gasteiger partial charge in [0.05, 0.1) is 29.4 Å². The molecule has 38 heavy (non-hydrogen) atoms. The predicted molar refractivity (Wildman–Crippen MR) is 139 cm³/mol. The molecule has 1 fully saturated rings. The molecule has 3 aliphatic rings. The normalized spacial score (nSPS) is 25.5. The number of carbonyl (C=O) groups is 3. The van der Waals surface area contributed by atoms with Crippen molar-refractivity contribution in [1.82, 2.24) is 0 Å². The zero-order valence-corrected chi connectivity index (χ0v) is 22.1. The number of aromatic hydroxyl groups is 2. The van der Waals surface area contributed by atoms with Crippen LogP contribution < -0.4 is 11.5 Å². The number of nitrogens with two attached hydrogens (primary N) is 2. The van der Waals surface area contributed by atoms with E-state index in [9.17, 15) is 24.6 Å². The van der Waals surface area contributed by atoms with Gasteiger partial charge in [-0.2, -0.15) is 0 Å². The summed E-state index contributed by atoms with van der Waals surface area (Å²) in [5.74, 6) is -1.92. The fourth-order valence-electron chi connectivity index (χ4n) is 4.95. The lowest BCUT2D eigenvalue weighted by Crippen LogP contribution is -2.51. The number of fused-ring (bicyclic) bond motifs is 3. The highest BCUT2D eigenvalue weighted by Crippen LogP contribution is 2.46. The summed E-state index contributed by atoms with van der Waals surface area (Å²) < 4.78 is 9.89. The molecule has 10 heteroatoms. The first-order valence-corrected chi connectivity index (χ1v) is 12.7. The summed E-state index contributed by atoms with van der Waals surface area (Å²) in [6.45, 7) is 5.77. The summed E-state index contributed by atoms with van der Waals surface area (Å²) in [6, 6.07) is 6.20. The van der Waals surface area contributed by atoms with Crippen LogP contribution >= 0.6 is 0 Å². The van der Waals surface area contributed by atoms with Crippen LogP contribution in [0.5, 0.6) is 11.5 Å². The molecule has 1 heterocycles. The van der Waals surface area contributed by atoms with Crippen LogP contribution in [0.2, 0.25) is 0 Å². The summed E-state index contributed by atoms with van der Waals surface area (Å²) in [4.78, 5) is 37.6. The quantitative estimate of drug-likeness (QED) is 0.307. The van der Waals surface area contributed by atoms with E-state index in [2.05, 4.69) is 0 Å². The first kappa shape index (κ1) is 29.4. The second kappa shape index (κ2) is 11.7. The number of phenols is 2. The van der Waals surface area contributed by atoms with Crippen LogP contribution in [-0.4, -0.2) is 70.4 Å². The van der Waals surface area contributed by atoms with Gasteiger partial charge in [0.2, 0.25) is 0 Å². The van der Waals surface area contributed by atoms with Crippen LogP contribution in [0.1, 0.15) is 76.6 Å². The first-order chi connectivity index (χ1) is 18.0. The molecule has 2 aliphatic carbocycles. The van der Waals surface area contributed by atoms with Gasteiger partial charge in [-0.3, -0.25) is 14.4 Å². The molecule has 0 saturated carbocycles. The number of Topliss-reactive ketones (excluding diaryl/α,β-unsaturated/α-hetero) is 1. The Hall–Kier alpha value is -3.15. The number of ketones is 3. The van der Waals surface area contributed by atoms with E-state index >= 15 is 0 Å². The van der Waals surface area contributed by atoms with Crippen molar-refractivity contribution in [3.8, 4) is 11.5 Å². The molecule has 1 aliphatic heterocycles. The molecule has 1 unspecified atom stereocenters. The van der Waals surface area contributed by atoms with E-state index in [-0.39, 0.29) is 70.1 Å². The van der Waals surface area contributed by atoms with Crippen LogP contribution in [0.15, 0.2) is 24.3 Å². The second-order valence-electron chi connectivity index (χ2n) is 9.46. The van der Waals surface area contributed by atoms with E-state index in [0.717, 1.165) is 0 Å². The molecule has 2 aromatic carbocycles. The Morgan fingerprint density at radius 2 is 1.58 bits per heavy atom. The number of aliphatic hydroxyl groups excluding tert-OH is 1. The maximum atomic E-state index is 12.9. The molecular weight excluding hydrogens is 492 g/mol. The summed E-state index contributed by atoms with van der Waals surface area (Å²) in [7, 11) is 1.59. The number of hydrogen-bond acceptors (Lipinski definition) is 10. The lowest BCUT2D eigenvalue weighted by Gasteiger charge is -2.34. The van der Waals surface area contributed by atoms with Gasteiger partial charge < -0.3 is 36.3 Å². The van der Waals surface area contributed by atoms with E-state index in [1.165, 1.54) is 19.1 Å². The molecule has 0 bridgehead atoms. The van der Waals surface area contributed by atoms with E-state index in [0.29, 0.717) is 25.0 Å². The van der Waals surface area contributed by atoms with Crippen molar-refractivity contribution in [2.75, 3.05) is 13.7 Å². The third kappa shape index (κ3) is 5.23. The predicted octanol–water partition coefficient (Wildman–Crippen LogP) is 1.74. The van der Waals surface area contributed by atoms with Crippen molar-refractivity contribution in [2.24, 2.45) is 11.5 Å². The van der Waals surface area contributed by atoms with Gasteiger partial charge in [0.1, 0.15) is 17.3 Å². The highest BCUT2D eigenvalue weighted by atomic mass is 16.6. The third-order valence-corrected chi connectivity index (χ3v) is 7.25. The number of ether oxygens (including phenoxy) is 2. The Balaban J connectivity index is 0.000000280. The number of rotatable bonds is 2. The number of hydrogen-bond donors (Lipinski definition) is 5. The van der Waals surface area contributed by atoms with Crippen molar-refractivity contribution >= 4 is 17.3 Å². The Labute approximate surface area is 221 Å². The summed E-state index contributed by atoms with van der Waals surface area (Å²) in [6.07, 6.45) is 0.220. The van der Waals surface area contributed by atoms with Gasteiger partial charge in [0, 0.05) is 48.2 Å². The van der Waals surface area contributed by atoms with E-state index in [1.54, 1.807) is 19.2 Å². The molecule has 0 amide bonds. The summed E-state index contributed by atoms with van der Waals surface area (Å²) >= 11 is 0. The van der Waals surface area contributed by atoms with Gasteiger partial charge in [0.15, 0.2) is 17.9 Å². The standard InChI is InChI=1S/C20H17NO5.C6H13NO3.C2H6/c1-9(22)20(21)7-6-12-13(8-20)19(26)15-14(18(12)25)16(23)10-4-2-3-5-11(10)17(15)24;1-9-5-3-10-6(8)2-4(5)7;1-2/h2-5,25-26H,6-8,21H2,1H3;4-6,8H,2-3,7H2,1H3;1-2H3/t20-;4-,5+,6?;/m10./s1. The molecule has 1 saturated heterocycles. The van der Waals surface area contributed by atoms with Crippen molar-refractivity contribution in [3.63, 3.8) is 0 Å². The fraction of sp³-hybridized carbons (Fsp3) is 0.464. The topological polar surface area (TPSA) is 182 Å². The third-order valence-electron chi connectivity index (χ3n) is 7.25. The Kier molecular flexibility index (Phi) is 9.06. The number of benzene rings is 2. The molecule has 0 spiro atoms. The van der Waals surface area contributed by atoms with Crippen LogP contribution in [0.3, 0.4) is 0 Å². The molecular formula is C28H36N2O8. The largest absolute Gasteiger partial charge is 0.507 e. The van der Waals surface area contributed by atoms with Crippen LogP contribution in [-0.2, 0) is 27.1 Å². The molecule has 2 aromatic rings. The van der Waals surface area contributed by atoms with E-state index in [1.807, 2.05) is 13.8 Å². The minimum absolute atomic E-state index is 0.00740. The highest BCUT2D eigenvalue weighted by molar-refractivity contribution is 6.30. The second-order valence-corrected chi connectivity index (χ2v) is 9.46. The lowest BCUT2D eigenvalue weighted by atomic mass is 9.72. The number of phenolic OH excluding ortho intramolecular Hbond substituents is 2. The Morgan fingerprint density at radius 1 is 1.05 bits per heavy atom. The molecule has 206 valence electrons. The van der Waals surface area contributed by atoms with Gasteiger partial charge in [-0.25, -0.2) is 0 Å². The first-order valence-electron chi connectivity index (χ1n) is 12.7. The number of carbonyl (C=O) groups excluding carboxylic acids is 3. The molecule has 10 nitrogen and oxygen atoms in total. The summed E-state index contributed by atoms with van der Waals surface area (Å²) in [5, 5.41) is 30.4. The maximum absolute atomic E-state index is 12.9. The zero-order chi connectivity index (χ0) is 28.4. The van der Waals surface area contributed by atoms with Gasteiger partial charge in [0.25, 0.3) is 0 Å². The molecule has 4 atom stereocenters. The number of aliphatic hydroxyl groups is 1. The van der Waals surface area contributed by atoms with Crippen molar-refractivity contribution in [2.45, 2.75) is 70.4 Å². The van der Waals surface area contributed by atoms with Crippen molar-refractivity contribution in [1.29, 1.82) is 0 Å². The van der Waals surface area contributed by atoms with Crippen LogP contribution in [0, 0.1) is 0 Å². The van der Waals surface area contributed by atoms with Gasteiger partial charge in [-0.05, 0) is 19.8 Å². The fourth-order valence-corrected chi connectivity index (χ4v) is 4.95. The van der Waals surface area contributed by atoms with Crippen LogP contribution in [0.25, 0.3) is 0 Å². The molecule has 5 rings (SSSR count). The van der Waals surface area contributed by atoms with Crippen LogP contribution in [0.4, 0.5) is 0 Å². The van der Waals surface area contributed by atoms with Crippen molar-refractivity contribution in [3.05, 3.63) is 57.6 Å². The zero-order valence-electron chi connectivity index (χ0n) is 22.1. The maximum Gasteiger partial charge on any atom is 0.198 e. The van der Waals surface area contributed by atoms with E-state index in [4.69, 9.17) is 26.0 Å². The average Bonchev–Trinajstić information content (AvgIpc) is 2.91. The van der Waals surface area contributed by atoms with Gasteiger partial charge >= 0.3 is 0 Å².